The predicted octanol–water partition coefficient (Wildman–Crippen LogP) is 4.87. The van der Waals surface area contributed by atoms with Gasteiger partial charge in [-0.3, -0.25) is 9.59 Å². The normalized spacial score (nSPS) is 19.6. The molecule has 0 aromatic heterocycles. The highest BCUT2D eigenvalue weighted by atomic mass is 127. The Labute approximate surface area is 286 Å². The minimum atomic E-state index is -1.30. The highest BCUT2D eigenvalue weighted by Crippen LogP contribution is 2.47. The number of fused-ring (bicyclic) bond motifs is 1. The van der Waals surface area contributed by atoms with Crippen LogP contribution < -0.4 is 10.6 Å². The molecule has 0 spiro atoms. The molecule has 4 aromatic rings. The zero-order valence-corrected chi connectivity index (χ0v) is 27.5. The minimum absolute atomic E-state index is 0.106. The zero-order valence-electron chi connectivity index (χ0n) is 25.3. The average Bonchev–Trinajstić information content (AvgIpc) is 3.52. The first-order chi connectivity index (χ1) is 22.9. The van der Waals surface area contributed by atoms with Gasteiger partial charge in [-0.05, 0) is 64.6 Å². The lowest BCUT2D eigenvalue weighted by molar-refractivity contribution is -0.157. The quantitative estimate of drug-likeness (QED) is 0.157. The summed E-state index contributed by atoms with van der Waals surface area (Å²) in [5.74, 6) is -2.49. The van der Waals surface area contributed by atoms with Gasteiger partial charge in [0.2, 0.25) is 11.7 Å². The number of aliphatic hydroxyl groups excluding tert-OH is 1. The Hall–Kier alpha value is -4.36. The summed E-state index contributed by atoms with van der Waals surface area (Å²) in [5.41, 5.74) is 3.47. The largest absolute Gasteiger partial charge is 0.456 e. The molecule has 3 atom stereocenters. The molecule has 9 nitrogen and oxygen atoms in total. The van der Waals surface area contributed by atoms with Crippen molar-refractivity contribution in [1.82, 2.24) is 10.6 Å². The number of benzene rings is 4. The molecule has 1 aliphatic heterocycles. The Balaban J connectivity index is 1.28. The van der Waals surface area contributed by atoms with Gasteiger partial charge in [-0.25, -0.2) is 4.79 Å². The molecule has 0 radical (unpaired) electrons. The molecule has 6 rings (SSSR count). The van der Waals surface area contributed by atoms with Crippen molar-refractivity contribution in [1.29, 1.82) is 0 Å². The summed E-state index contributed by atoms with van der Waals surface area (Å²) in [4.78, 5) is 39.4. The lowest BCUT2D eigenvalue weighted by Crippen LogP contribution is -2.43. The van der Waals surface area contributed by atoms with Crippen molar-refractivity contribution in [2.75, 3.05) is 13.2 Å². The van der Waals surface area contributed by atoms with Gasteiger partial charge in [0.15, 0.2) is 0 Å². The molecule has 1 heterocycles. The van der Waals surface area contributed by atoms with Crippen molar-refractivity contribution in [2.45, 2.75) is 37.1 Å². The number of amides is 2. The summed E-state index contributed by atoms with van der Waals surface area (Å²) in [7, 11) is 0. The summed E-state index contributed by atoms with van der Waals surface area (Å²) in [6, 6.07) is 33.1. The van der Waals surface area contributed by atoms with Gasteiger partial charge in [0.25, 0.3) is 5.91 Å². The molecule has 1 aliphatic carbocycles. The molecule has 1 saturated heterocycles. The molecule has 0 bridgehead atoms. The van der Waals surface area contributed by atoms with Crippen molar-refractivity contribution >= 4 is 40.4 Å². The van der Waals surface area contributed by atoms with E-state index >= 15 is 0 Å². The monoisotopic (exact) mass is 744 g/mol. The van der Waals surface area contributed by atoms with Crippen LogP contribution in [0.25, 0.3) is 0 Å². The van der Waals surface area contributed by atoms with Crippen LogP contribution in [0.5, 0.6) is 0 Å². The maximum atomic E-state index is 13.6. The van der Waals surface area contributed by atoms with Crippen LogP contribution in [-0.2, 0) is 31.3 Å². The van der Waals surface area contributed by atoms with Gasteiger partial charge in [0, 0.05) is 45.3 Å². The van der Waals surface area contributed by atoms with Crippen molar-refractivity contribution in [3.63, 3.8) is 0 Å². The first-order valence-corrected chi connectivity index (χ1v) is 16.3. The topological polar surface area (TPSA) is 123 Å². The van der Waals surface area contributed by atoms with E-state index in [4.69, 9.17) is 19.3 Å². The third-order valence-electron chi connectivity index (χ3n) is 8.04. The van der Waals surface area contributed by atoms with E-state index in [1.165, 1.54) is 0 Å². The van der Waals surface area contributed by atoms with Gasteiger partial charge in [-0.2, -0.15) is 0 Å². The van der Waals surface area contributed by atoms with Gasteiger partial charge < -0.3 is 30.0 Å². The van der Waals surface area contributed by atoms with E-state index in [1.807, 2.05) is 72.8 Å². The molecule has 240 valence electrons. The summed E-state index contributed by atoms with van der Waals surface area (Å²) >= 11 is 2.14. The third-order valence-corrected chi connectivity index (χ3v) is 8.71. The van der Waals surface area contributed by atoms with Crippen LogP contribution in [0.2, 0.25) is 0 Å². The molecule has 2 amide bonds. The number of hydrogen-bond acceptors (Lipinski definition) is 7. The first kappa shape index (κ1) is 32.6. The Kier molecular flexibility index (Phi) is 10.1. The van der Waals surface area contributed by atoms with E-state index < -0.39 is 30.1 Å². The van der Waals surface area contributed by atoms with Crippen molar-refractivity contribution in [2.24, 2.45) is 0 Å². The van der Waals surface area contributed by atoms with E-state index in [2.05, 4.69) is 33.2 Å². The summed E-state index contributed by atoms with van der Waals surface area (Å²) in [6.45, 7) is 0.145. The Morgan fingerprint density at radius 3 is 2.17 bits per heavy atom. The van der Waals surface area contributed by atoms with Gasteiger partial charge in [0.05, 0.1) is 12.2 Å². The smallest absolute Gasteiger partial charge is 0.338 e. The van der Waals surface area contributed by atoms with E-state index in [0.717, 1.165) is 20.3 Å². The number of halogens is 1. The average molecular weight is 745 g/mol. The van der Waals surface area contributed by atoms with E-state index in [9.17, 15) is 14.4 Å². The minimum Gasteiger partial charge on any atom is -0.456 e. The molecule has 2 aliphatic rings. The van der Waals surface area contributed by atoms with E-state index in [0.29, 0.717) is 16.7 Å². The highest BCUT2D eigenvalue weighted by Gasteiger charge is 2.54. The number of hydrogen-bond donors (Lipinski definition) is 3. The van der Waals surface area contributed by atoms with Crippen LogP contribution in [-0.4, -0.2) is 54.4 Å². The second kappa shape index (κ2) is 14.6. The van der Waals surface area contributed by atoms with Crippen molar-refractivity contribution in [3.05, 3.63) is 152 Å². The molecule has 1 fully saturated rings. The molecule has 47 heavy (non-hydrogen) atoms. The molecule has 10 heteroatoms. The maximum absolute atomic E-state index is 13.6. The van der Waals surface area contributed by atoms with Crippen molar-refractivity contribution < 1.29 is 33.7 Å². The van der Waals surface area contributed by atoms with Crippen LogP contribution in [0, 0.1) is 3.57 Å². The number of esters is 1. The number of ether oxygens (including phenoxy) is 3. The fourth-order valence-corrected chi connectivity index (χ4v) is 6.35. The molecular weight excluding hydrogens is 711 g/mol. The van der Waals surface area contributed by atoms with Crippen LogP contribution >= 0.6 is 22.6 Å². The second-order valence-corrected chi connectivity index (χ2v) is 12.5. The Morgan fingerprint density at radius 2 is 1.49 bits per heavy atom. The van der Waals surface area contributed by atoms with Crippen LogP contribution in [0.4, 0.5) is 0 Å². The Morgan fingerprint density at radius 1 is 0.809 bits per heavy atom. The fourth-order valence-electron chi connectivity index (χ4n) is 5.80. The van der Waals surface area contributed by atoms with Crippen LogP contribution in [0.3, 0.4) is 0 Å². The van der Waals surface area contributed by atoms with Gasteiger partial charge in [0.1, 0.15) is 18.3 Å². The summed E-state index contributed by atoms with van der Waals surface area (Å²) < 4.78 is 20.5. The summed E-state index contributed by atoms with van der Waals surface area (Å²) in [6.07, 6.45) is -0.383. The number of carbonyl (C=O) groups excluding carboxylic acids is 3. The number of carbonyl (C=O) groups is 3. The molecule has 0 unspecified atom stereocenters. The third kappa shape index (κ3) is 7.31. The molecule has 0 saturated carbocycles. The van der Waals surface area contributed by atoms with Crippen LogP contribution in [0.15, 0.2) is 121 Å². The highest BCUT2D eigenvalue weighted by molar-refractivity contribution is 14.1. The van der Waals surface area contributed by atoms with Gasteiger partial charge in [-0.15, -0.1) is 0 Å². The zero-order chi connectivity index (χ0) is 32.8. The second-order valence-electron chi connectivity index (χ2n) is 11.2. The van der Waals surface area contributed by atoms with Gasteiger partial charge >= 0.3 is 5.97 Å². The maximum Gasteiger partial charge on any atom is 0.338 e. The number of nitrogens with one attached hydrogen (secondary N) is 2. The lowest BCUT2D eigenvalue weighted by Gasteiger charge is -2.31. The number of aliphatic hydroxyl groups is 1. The molecule has 3 N–H and O–H groups in total. The molecular formula is C37H33IN2O7. The standard InChI is InChI=1S/C37H33IN2O7/c38-30-16-8-11-26(20-30)36(44)45-31-21-27(35(43)40-23-24-9-7-10-25(19-24)34(42)39-17-18-41)22-32-33(31)47-37(46-32,28-12-3-1-4-13-28)29-14-5-2-6-15-29/h1-16,19-20,22,31-33,41H,17-18,21,23H2,(H,39,42)(H,40,43)/t31-,32-,33+/m1/s1. The van der Waals surface area contributed by atoms with Crippen LogP contribution in [0.1, 0.15) is 43.8 Å². The SMILES string of the molecule is O=C(NCc1cccc(C(=O)NCCO)c1)C1=C[C@H]2OC(c3ccccc3)(c3ccccc3)O[C@H]2[C@H](OC(=O)c2cccc(I)c2)C1. The molecule has 4 aromatic carbocycles. The van der Waals surface area contributed by atoms with Crippen molar-refractivity contribution in [3.8, 4) is 0 Å². The predicted molar refractivity (Wildman–Crippen MR) is 182 cm³/mol. The van der Waals surface area contributed by atoms with E-state index in [1.54, 1.807) is 42.5 Å². The lowest BCUT2D eigenvalue weighted by atomic mass is 9.91. The summed E-state index contributed by atoms with van der Waals surface area (Å²) in [5, 5.41) is 14.6. The Bertz CT molecular complexity index is 1740. The fraction of sp³-hybridized carbons (Fsp3) is 0.216. The van der Waals surface area contributed by atoms with Gasteiger partial charge in [-0.1, -0.05) is 78.9 Å². The van der Waals surface area contributed by atoms with E-state index in [-0.39, 0.29) is 37.9 Å². The number of rotatable bonds is 10. The first-order valence-electron chi connectivity index (χ1n) is 15.3.